The molecule has 0 aliphatic heterocycles. The van der Waals surface area contributed by atoms with Gasteiger partial charge in [-0.15, -0.1) is 0 Å². The lowest BCUT2D eigenvalue weighted by molar-refractivity contribution is 0.0526. The Kier molecular flexibility index (Phi) is 3.71. The van der Waals surface area contributed by atoms with Crippen LogP contribution in [0.2, 0.25) is 5.15 Å². The van der Waals surface area contributed by atoms with Gasteiger partial charge >= 0.3 is 5.97 Å². The lowest BCUT2D eigenvalue weighted by Gasteiger charge is -2.04. The summed E-state index contributed by atoms with van der Waals surface area (Å²) in [4.78, 5) is 15.1. The monoisotopic (exact) mass is 215 g/mol. The molecule has 0 saturated heterocycles. The first-order valence-corrected chi connectivity index (χ1v) is 4.44. The van der Waals surface area contributed by atoms with Crippen LogP contribution in [0.3, 0.4) is 0 Å². The molecule has 76 valence electrons. The molecule has 0 aliphatic rings. The van der Waals surface area contributed by atoms with Crippen molar-refractivity contribution in [3.8, 4) is 5.88 Å². The van der Waals surface area contributed by atoms with Gasteiger partial charge in [-0.2, -0.15) is 0 Å². The molecule has 1 rings (SSSR count). The van der Waals surface area contributed by atoms with Crippen molar-refractivity contribution in [1.29, 1.82) is 0 Å². The molecule has 14 heavy (non-hydrogen) atoms. The van der Waals surface area contributed by atoms with Crippen LogP contribution in [-0.4, -0.2) is 24.7 Å². The minimum Gasteiger partial charge on any atom is -0.481 e. The number of carbonyl (C=O) groups is 1. The van der Waals surface area contributed by atoms with E-state index in [9.17, 15) is 4.79 Å². The molecule has 0 aliphatic carbocycles. The quantitative estimate of drug-likeness (QED) is 0.571. The summed E-state index contributed by atoms with van der Waals surface area (Å²) in [7, 11) is 1.47. The SMILES string of the molecule is CCOC(=O)c1ccc(OC)nc1Cl. The van der Waals surface area contributed by atoms with Gasteiger partial charge < -0.3 is 9.47 Å². The van der Waals surface area contributed by atoms with E-state index in [0.29, 0.717) is 12.5 Å². The van der Waals surface area contributed by atoms with Gasteiger partial charge in [0.1, 0.15) is 5.15 Å². The highest BCUT2D eigenvalue weighted by Crippen LogP contribution is 2.18. The fourth-order valence-corrected chi connectivity index (χ4v) is 1.12. The Hall–Kier alpha value is -1.29. The number of methoxy groups -OCH3 is 1. The summed E-state index contributed by atoms with van der Waals surface area (Å²) in [6.45, 7) is 2.03. The van der Waals surface area contributed by atoms with Crippen LogP contribution in [0.1, 0.15) is 17.3 Å². The molecule has 1 aromatic heterocycles. The van der Waals surface area contributed by atoms with Crippen molar-refractivity contribution in [3.63, 3.8) is 0 Å². The number of esters is 1. The molecule has 0 unspecified atom stereocenters. The van der Waals surface area contributed by atoms with Gasteiger partial charge in [0, 0.05) is 6.07 Å². The number of ether oxygens (including phenoxy) is 2. The summed E-state index contributed by atoms with van der Waals surface area (Å²) in [5.41, 5.74) is 0.245. The van der Waals surface area contributed by atoms with E-state index in [0.717, 1.165) is 0 Å². The van der Waals surface area contributed by atoms with E-state index in [1.165, 1.54) is 13.2 Å². The van der Waals surface area contributed by atoms with Gasteiger partial charge in [-0.05, 0) is 13.0 Å². The first kappa shape index (κ1) is 10.8. The molecule has 4 nitrogen and oxygen atoms in total. The molecule has 1 aromatic rings. The Balaban J connectivity index is 2.94. The van der Waals surface area contributed by atoms with Gasteiger partial charge in [0.2, 0.25) is 5.88 Å². The Morgan fingerprint density at radius 2 is 2.29 bits per heavy atom. The molecule has 5 heteroatoms. The standard InChI is InChI=1S/C9H10ClNO3/c1-3-14-9(12)6-4-5-7(13-2)11-8(6)10/h4-5H,3H2,1-2H3. The highest BCUT2D eigenvalue weighted by atomic mass is 35.5. The minimum atomic E-state index is -0.479. The number of pyridine rings is 1. The number of hydrogen-bond donors (Lipinski definition) is 0. The fraction of sp³-hybridized carbons (Fsp3) is 0.333. The summed E-state index contributed by atoms with van der Waals surface area (Å²) in [5, 5.41) is 0.0859. The number of carbonyl (C=O) groups excluding carboxylic acids is 1. The minimum absolute atomic E-state index is 0.0859. The summed E-state index contributed by atoms with van der Waals surface area (Å²) in [6, 6.07) is 3.07. The van der Waals surface area contributed by atoms with E-state index >= 15 is 0 Å². The van der Waals surface area contributed by atoms with Crippen LogP contribution in [0.4, 0.5) is 0 Å². The van der Waals surface area contributed by atoms with E-state index in [2.05, 4.69) is 4.98 Å². The van der Waals surface area contributed by atoms with E-state index < -0.39 is 5.97 Å². The van der Waals surface area contributed by atoms with Crippen LogP contribution in [0.15, 0.2) is 12.1 Å². The number of halogens is 1. The van der Waals surface area contributed by atoms with Crippen LogP contribution in [-0.2, 0) is 4.74 Å². The van der Waals surface area contributed by atoms with E-state index in [-0.39, 0.29) is 10.7 Å². The number of hydrogen-bond acceptors (Lipinski definition) is 4. The first-order valence-electron chi connectivity index (χ1n) is 4.06. The van der Waals surface area contributed by atoms with Crippen LogP contribution in [0.5, 0.6) is 5.88 Å². The maximum Gasteiger partial charge on any atom is 0.341 e. The van der Waals surface area contributed by atoms with Gasteiger partial charge in [-0.1, -0.05) is 11.6 Å². The topological polar surface area (TPSA) is 48.4 Å². The van der Waals surface area contributed by atoms with Crippen molar-refractivity contribution in [2.45, 2.75) is 6.92 Å². The van der Waals surface area contributed by atoms with Crippen molar-refractivity contribution in [2.75, 3.05) is 13.7 Å². The van der Waals surface area contributed by atoms with E-state index in [1.807, 2.05) is 0 Å². The molecular formula is C9H10ClNO3. The van der Waals surface area contributed by atoms with Crippen LogP contribution < -0.4 is 4.74 Å². The Morgan fingerprint density at radius 3 is 2.79 bits per heavy atom. The molecule has 0 saturated carbocycles. The van der Waals surface area contributed by atoms with Gasteiger partial charge in [0.15, 0.2) is 0 Å². The summed E-state index contributed by atoms with van der Waals surface area (Å²) in [6.07, 6.45) is 0. The zero-order valence-corrected chi connectivity index (χ0v) is 8.67. The molecule has 0 aromatic carbocycles. The zero-order valence-electron chi connectivity index (χ0n) is 7.91. The normalized spacial score (nSPS) is 9.64. The second-order valence-corrected chi connectivity index (χ2v) is 2.77. The molecule has 0 spiro atoms. The predicted octanol–water partition coefficient (Wildman–Crippen LogP) is 1.92. The number of nitrogens with zero attached hydrogens (tertiary/aromatic N) is 1. The fourth-order valence-electron chi connectivity index (χ4n) is 0.892. The molecule has 0 amide bonds. The van der Waals surface area contributed by atoms with Gasteiger partial charge in [-0.25, -0.2) is 9.78 Å². The van der Waals surface area contributed by atoms with Gasteiger partial charge in [0.05, 0.1) is 19.3 Å². The summed E-state index contributed by atoms with van der Waals surface area (Å²) in [5.74, 6) is -0.115. The average molecular weight is 216 g/mol. The average Bonchev–Trinajstić information content (AvgIpc) is 2.17. The maximum absolute atomic E-state index is 11.3. The molecule has 0 radical (unpaired) electrons. The lowest BCUT2D eigenvalue weighted by Crippen LogP contribution is -2.06. The Morgan fingerprint density at radius 1 is 1.57 bits per heavy atom. The summed E-state index contributed by atoms with van der Waals surface area (Å²) < 4.78 is 9.62. The van der Waals surface area contributed by atoms with E-state index in [4.69, 9.17) is 21.1 Å². The van der Waals surface area contributed by atoms with E-state index in [1.54, 1.807) is 13.0 Å². The Bertz CT molecular complexity index is 341. The van der Waals surface area contributed by atoms with Crippen molar-refractivity contribution >= 4 is 17.6 Å². The van der Waals surface area contributed by atoms with Gasteiger partial charge in [0.25, 0.3) is 0 Å². The maximum atomic E-state index is 11.3. The van der Waals surface area contributed by atoms with Crippen molar-refractivity contribution < 1.29 is 14.3 Å². The predicted molar refractivity (Wildman–Crippen MR) is 51.8 cm³/mol. The third-order valence-corrected chi connectivity index (χ3v) is 1.82. The molecule has 0 bridgehead atoms. The van der Waals surface area contributed by atoms with Crippen LogP contribution >= 0.6 is 11.6 Å². The molecule has 0 fully saturated rings. The Labute approximate surface area is 86.8 Å². The number of rotatable bonds is 3. The highest BCUT2D eigenvalue weighted by Gasteiger charge is 2.12. The largest absolute Gasteiger partial charge is 0.481 e. The molecule has 0 atom stereocenters. The molecular weight excluding hydrogens is 206 g/mol. The van der Waals surface area contributed by atoms with Crippen molar-refractivity contribution in [1.82, 2.24) is 4.98 Å². The third kappa shape index (κ3) is 2.35. The first-order chi connectivity index (χ1) is 6.69. The second kappa shape index (κ2) is 4.81. The lowest BCUT2D eigenvalue weighted by atomic mass is 10.3. The molecule has 1 heterocycles. The smallest absolute Gasteiger partial charge is 0.341 e. The number of aromatic nitrogens is 1. The molecule has 0 N–H and O–H groups in total. The summed E-state index contributed by atoms with van der Waals surface area (Å²) >= 11 is 5.75. The highest BCUT2D eigenvalue weighted by molar-refractivity contribution is 6.32. The van der Waals surface area contributed by atoms with Crippen LogP contribution in [0, 0.1) is 0 Å². The zero-order chi connectivity index (χ0) is 10.6. The van der Waals surface area contributed by atoms with Crippen molar-refractivity contribution in [2.24, 2.45) is 0 Å². The second-order valence-electron chi connectivity index (χ2n) is 2.41. The third-order valence-electron chi connectivity index (χ3n) is 1.53. The van der Waals surface area contributed by atoms with Gasteiger partial charge in [-0.3, -0.25) is 0 Å². The van der Waals surface area contributed by atoms with Crippen molar-refractivity contribution in [3.05, 3.63) is 22.8 Å². The van der Waals surface area contributed by atoms with Crippen LogP contribution in [0.25, 0.3) is 0 Å².